The number of ether oxygens (including phenoxy) is 1. The number of sulfone groups is 1. The Kier molecular flexibility index (Phi) is 6.49. The van der Waals surface area contributed by atoms with E-state index in [2.05, 4.69) is 5.10 Å². The molecule has 8 nitrogen and oxygen atoms in total. The Labute approximate surface area is 199 Å². The molecule has 1 aromatic carbocycles. The summed E-state index contributed by atoms with van der Waals surface area (Å²) in [5.74, 6) is -0.664. The lowest BCUT2D eigenvalue weighted by Gasteiger charge is -2.16. The van der Waals surface area contributed by atoms with Crippen molar-refractivity contribution in [1.29, 1.82) is 0 Å². The van der Waals surface area contributed by atoms with Crippen molar-refractivity contribution >= 4 is 21.6 Å². The van der Waals surface area contributed by atoms with Gasteiger partial charge in [0.25, 0.3) is 0 Å². The van der Waals surface area contributed by atoms with E-state index in [1.165, 1.54) is 0 Å². The number of esters is 1. The van der Waals surface area contributed by atoms with E-state index in [-0.39, 0.29) is 23.3 Å². The molecule has 1 saturated heterocycles. The van der Waals surface area contributed by atoms with Crippen molar-refractivity contribution in [2.24, 2.45) is 0 Å². The van der Waals surface area contributed by atoms with Gasteiger partial charge in [-0.1, -0.05) is 30.3 Å². The first kappa shape index (κ1) is 23.9. The second kappa shape index (κ2) is 9.21. The molecule has 0 radical (unpaired) electrons. The molecular weight excluding hydrogens is 454 g/mol. The van der Waals surface area contributed by atoms with Gasteiger partial charge in [-0.05, 0) is 45.7 Å². The van der Waals surface area contributed by atoms with Crippen molar-refractivity contribution in [1.82, 2.24) is 14.3 Å². The number of hydrogen-bond donors (Lipinski definition) is 0. The molecule has 3 heterocycles. The molecule has 1 aliphatic heterocycles. The molecule has 0 amide bonds. The van der Waals surface area contributed by atoms with Crippen molar-refractivity contribution in [2.75, 3.05) is 18.1 Å². The SMILES string of the molecule is Cc1nn(Cc2ccccc2)c(C)c1C(=O)OCC(=O)c1cc(C)n(C2CCS(=O)(=O)C2)c1C. The number of carbonyl (C=O) groups is 2. The van der Waals surface area contributed by atoms with E-state index in [1.807, 2.05) is 48.7 Å². The van der Waals surface area contributed by atoms with Crippen LogP contribution in [-0.4, -0.2) is 52.6 Å². The number of ketones is 1. The van der Waals surface area contributed by atoms with Gasteiger partial charge in [0.15, 0.2) is 16.4 Å². The molecule has 3 aromatic rings. The topological polar surface area (TPSA) is 100 Å². The number of aromatic nitrogens is 3. The predicted octanol–water partition coefficient (Wildman–Crippen LogP) is 3.37. The summed E-state index contributed by atoms with van der Waals surface area (Å²) in [5, 5.41) is 4.48. The Balaban J connectivity index is 1.46. The average molecular weight is 484 g/mol. The van der Waals surface area contributed by atoms with Gasteiger partial charge in [-0.15, -0.1) is 0 Å². The summed E-state index contributed by atoms with van der Waals surface area (Å²) in [6.45, 7) is 7.35. The van der Waals surface area contributed by atoms with Crippen LogP contribution in [0.4, 0.5) is 0 Å². The smallest absolute Gasteiger partial charge is 0.342 e. The van der Waals surface area contributed by atoms with E-state index in [1.54, 1.807) is 24.6 Å². The van der Waals surface area contributed by atoms with E-state index in [4.69, 9.17) is 4.74 Å². The normalized spacial score (nSPS) is 17.1. The minimum absolute atomic E-state index is 0.0809. The van der Waals surface area contributed by atoms with Crippen LogP contribution in [0.1, 0.15) is 61.5 Å². The maximum Gasteiger partial charge on any atom is 0.342 e. The van der Waals surface area contributed by atoms with Crippen molar-refractivity contribution in [3.05, 3.63) is 75.9 Å². The van der Waals surface area contributed by atoms with Crippen molar-refractivity contribution in [2.45, 2.75) is 46.7 Å². The Bertz CT molecular complexity index is 1350. The number of nitrogens with zero attached hydrogens (tertiary/aromatic N) is 3. The summed E-state index contributed by atoms with van der Waals surface area (Å²) in [7, 11) is -3.05. The first-order valence-corrected chi connectivity index (χ1v) is 13.1. The maximum absolute atomic E-state index is 12.9. The summed E-state index contributed by atoms with van der Waals surface area (Å²) in [6, 6.07) is 11.4. The molecule has 1 aliphatic rings. The highest BCUT2D eigenvalue weighted by molar-refractivity contribution is 7.91. The van der Waals surface area contributed by atoms with Gasteiger partial charge in [-0.3, -0.25) is 9.48 Å². The van der Waals surface area contributed by atoms with Gasteiger partial charge in [0.2, 0.25) is 5.78 Å². The third-order valence-electron chi connectivity index (χ3n) is 6.45. The van der Waals surface area contributed by atoms with Gasteiger partial charge >= 0.3 is 5.97 Å². The van der Waals surface area contributed by atoms with Crippen LogP contribution in [0.15, 0.2) is 36.4 Å². The third-order valence-corrected chi connectivity index (χ3v) is 8.20. The molecule has 4 rings (SSSR count). The fourth-order valence-electron chi connectivity index (χ4n) is 4.78. The Morgan fingerprint density at radius 3 is 2.44 bits per heavy atom. The van der Waals surface area contributed by atoms with Crippen LogP contribution in [0.25, 0.3) is 0 Å². The highest BCUT2D eigenvalue weighted by Gasteiger charge is 2.32. The lowest BCUT2D eigenvalue weighted by atomic mass is 10.1. The highest BCUT2D eigenvalue weighted by atomic mass is 32.2. The zero-order chi connectivity index (χ0) is 24.6. The largest absolute Gasteiger partial charge is 0.454 e. The quantitative estimate of drug-likeness (QED) is 0.377. The zero-order valence-electron chi connectivity index (χ0n) is 19.9. The van der Waals surface area contributed by atoms with Gasteiger partial charge < -0.3 is 9.30 Å². The zero-order valence-corrected chi connectivity index (χ0v) is 20.7. The second-order valence-electron chi connectivity index (χ2n) is 8.90. The van der Waals surface area contributed by atoms with E-state index < -0.39 is 22.4 Å². The van der Waals surface area contributed by atoms with Crippen LogP contribution in [0, 0.1) is 27.7 Å². The molecule has 1 fully saturated rings. The van der Waals surface area contributed by atoms with E-state index in [0.29, 0.717) is 41.2 Å². The molecular formula is C25H29N3O5S. The number of Topliss-reactive ketones (excluding diaryl/α,β-unsaturated/α-hetero) is 1. The number of benzene rings is 1. The summed E-state index contributed by atoms with van der Waals surface area (Å²) >= 11 is 0. The van der Waals surface area contributed by atoms with Gasteiger partial charge in [0, 0.05) is 23.0 Å². The Hall–Kier alpha value is -3.20. The molecule has 180 valence electrons. The van der Waals surface area contributed by atoms with E-state index in [9.17, 15) is 18.0 Å². The Morgan fingerprint density at radius 2 is 1.79 bits per heavy atom. The maximum atomic E-state index is 12.9. The lowest BCUT2D eigenvalue weighted by molar-refractivity contribution is 0.0473. The van der Waals surface area contributed by atoms with Crippen LogP contribution in [-0.2, 0) is 21.1 Å². The number of carbonyl (C=O) groups excluding carboxylic acids is 2. The monoisotopic (exact) mass is 483 g/mol. The minimum atomic E-state index is -3.05. The van der Waals surface area contributed by atoms with Crippen LogP contribution in [0.5, 0.6) is 0 Å². The fourth-order valence-corrected chi connectivity index (χ4v) is 6.48. The molecule has 2 aromatic heterocycles. The molecule has 0 saturated carbocycles. The van der Waals surface area contributed by atoms with Crippen LogP contribution >= 0.6 is 0 Å². The molecule has 34 heavy (non-hydrogen) atoms. The molecule has 1 unspecified atom stereocenters. The van der Waals surface area contributed by atoms with Crippen molar-refractivity contribution in [3.63, 3.8) is 0 Å². The summed E-state index contributed by atoms with van der Waals surface area (Å²) < 4.78 is 32.9. The van der Waals surface area contributed by atoms with Crippen molar-refractivity contribution in [3.8, 4) is 0 Å². The van der Waals surface area contributed by atoms with E-state index >= 15 is 0 Å². The number of hydrogen-bond acceptors (Lipinski definition) is 6. The highest BCUT2D eigenvalue weighted by Crippen LogP contribution is 2.29. The molecule has 0 bridgehead atoms. The average Bonchev–Trinajstić information content (AvgIpc) is 3.38. The van der Waals surface area contributed by atoms with Crippen molar-refractivity contribution < 1.29 is 22.7 Å². The first-order chi connectivity index (χ1) is 16.1. The summed E-state index contributed by atoms with van der Waals surface area (Å²) in [6.07, 6.45) is 0.535. The Morgan fingerprint density at radius 1 is 1.09 bits per heavy atom. The summed E-state index contributed by atoms with van der Waals surface area (Å²) in [4.78, 5) is 25.7. The van der Waals surface area contributed by atoms with Gasteiger partial charge in [0.05, 0.1) is 29.4 Å². The van der Waals surface area contributed by atoms with Crippen LogP contribution in [0.2, 0.25) is 0 Å². The molecule has 1 atom stereocenters. The van der Waals surface area contributed by atoms with Gasteiger partial charge in [-0.25, -0.2) is 13.2 Å². The predicted molar refractivity (Wildman–Crippen MR) is 128 cm³/mol. The summed E-state index contributed by atoms with van der Waals surface area (Å²) in [5.41, 5.74) is 4.62. The van der Waals surface area contributed by atoms with E-state index in [0.717, 1.165) is 11.3 Å². The second-order valence-corrected chi connectivity index (χ2v) is 11.1. The standard InChI is InChI=1S/C25H29N3O5S/c1-16-12-22(18(3)28(16)21-10-11-34(31,32)15-21)23(29)14-33-25(30)24-17(2)26-27(19(24)4)13-20-8-6-5-7-9-20/h5-9,12,21H,10-11,13-15H2,1-4H3. The van der Waals surface area contributed by atoms with Crippen LogP contribution < -0.4 is 0 Å². The number of aryl methyl sites for hydroxylation is 2. The number of rotatable bonds is 7. The van der Waals surface area contributed by atoms with Gasteiger partial charge in [0.1, 0.15) is 5.56 Å². The lowest BCUT2D eigenvalue weighted by Crippen LogP contribution is -2.17. The molecule has 0 spiro atoms. The third kappa shape index (κ3) is 4.70. The van der Waals surface area contributed by atoms with Crippen LogP contribution in [0.3, 0.4) is 0 Å². The first-order valence-electron chi connectivity index (χ1n) is 11.2. The molecule has 9 heteroatoms. The minimum Gasteiger partial charge on any atom is -0.454 e. The van der Waals surface area contributed by atoms with Gasteiger partial charge in [-0.2, -0.15) is 5.10 Å². The molecule has 0 N–H and O–H groups in total. The fraction of sp³-hybridized carbons (Fsp3) is 0.400. The molecule has 0 aliphatic carbocycles.